The minimum atomic E-state index is -0.455. The monoisotopic (exact) mass is 256 g/mol. The van der Waals surface area contributed by atoms with Gasteiger partial charge in [0.1, 0.15) is 11.6 Å². The Kier molecular flexibility index (Phi) is 4.04. The standard InChI is InChI=1S/C14H13FN4/c1-2-5-17-14-4-3-13(18-19-14)11-6-10(9-16)7-12(15)8-11/h3-4,6-8H,2,5H2,1H3,(H,17,19). The average molecular weight is 256 g/mol. The summed E-state index contributed by atoms with van der Waals surface area (Å²) in [6, 6.07) is 9.57. The molecule has 1 aromatic heterocycles. The fraction of sp³-hybridized carbons (Fsp3) is 0.214. The van der Waals surface area contributed by atoms with Crippen LogP contribution in [0.2, 0.25) is 0 Å². The molecular weight excluding hydrogens is 243 g/mol. The summed E-state index contributed by atoms with van der Waals surface area (Å²) in [5.74, 6) is 0.228. The highest BCUT2D eigenvalue weighted by molar-refractivity contribution is 5.61. The summed E-state index contributed by atoms with van der Waals surface area (Å²) in [4.78, 5) is 0. The third-order valence-corrected chi connectivity index (χ3v) is 2.54. The molecule has 0 aliphatic rings. The summed E-state index contributed by atoms with van der Waals surface area (Å²) in [6.45, 7) is 2.89. The Hall–Kier alpha value is -2.48. The molecule has 0 spiro atoms. The van der Waals surface area contributed by atoms with Crippen molar-refractivity contribution >= 4 is 5.82 Å². The number of benzene rings is 1. The molecule has 0 bridgehead atoms. The predicted molar refractivity (Wildman–Crippen MR) is 70.9 cm³/mol. The van der Waals surface area contributed by atoms with Gasteiger partial charge in [-0.25, -0.2) is 4.39 Å². The third kappa shape index (κ3) is 3.26. The van der Waals surface area contributed by atoms with E-state index < -0.39 is 5.82 Å². The maximum atomic E-state index is 13.3. The summed E-state index contributed by atoms with van der Waals surface area (Å²) < 4.78 is 13.3. The second-order valence-electron chi connectivity index (χ2n) is 4.07. The van der Waals surface area contributed by atoms with Crippen molar-refractivity contribution in [3.63, 3.8) is 0 Å². The number of anilines is 1. The number of rotatable bonds is 4. The number of halogens is 1. The molecule has 0 amide bonds. The number of nitrogens with one attached hydrogen (secondary N) is 1. The third-order valence-electron chi connectivity index (χ3n) is 2.54. The molecule has 5 heteroatoms. The highest BCUT2D eigenvalue weighted by Crippen LogP contribution is 2.20. The highest BCUT2D eigenvalue weighted by atomic mass is 19.1. The van der Waals surface area contributed by atoms with Gasteiger partial charge in [0, 0.05) is 12.1 Å². The Bertz CT molecular complexity index is 602. The van der Waals surface area contributed by atoms with E-state index >= 15 is 0 Å². The predicted octanol–water partition coefficient (Wildman–Crippen LogP) is 2.98. The van der Waals surface area contributed by atoms with Crippen molar-refractivity contribution in [3.05, 3.63) is 41.7 Å². The SMILES string of the molecule is CCCNc1ccc(-c2cc(F)cc(C#N)c2)nn1. The van der Waals surface area contributed by atoms with E-state index in [1.165, 1.54) is 12.1 Å². The van der Waals surface area contributed by atoms with Crippen LogP contribution in [0.1, 0.15) is 18.9 Å². The van der Waals surface area contributed by atoms with Crippen molar-refractivity contribution in [3.8, 4) is 17.3 Å². The first kappa shape index (κ1) is 13.0. The van der Waals surface area contributed by atoms with Gasteiger partial charge < -0.3 is 5.32 Å². The molecule has 0 aliphatic heterocycles. The van der Waals surface area contributed by atoms with E-state index in [0.29, 0.717) is 17.1 Å². The molecule has 1 heterocycles. The summed E-state index contributed by atoms with van der Waals surface area (Å²) >= 11 is 0. The number of nitrogens with zero attached hydrogens (tertiary/aromatic N) is 3. The van der Waals surface area contributed by atoms with Gasteiger partial charge in [-0.2, -0.15) is 5.26 Å². The zero-order valence-electron chi connectivity index (χ0n) is 10.5. The summed E-state index contributed by atoms with van der Waals surface area (Å²) in [6.07, 6.45) is 0.999. The van der Waals surface area contributed by atoms with Gasteiger partial charge in [0.15, 0.2) is 0 Å². The lowest BCUT2D eigenvalue weighted by molar-refractivity contribution is 0.627. The van der Waals surface area contributed by atoms with Crippen LogP contribution in [0.15, 0.2) is 30.3 Å². The van der Waals surface area contributed by atoms with Crippen LogP contribution in [-0.2, 0) is 0 Å². The van der Waals surface area contributed by atoms with Crippen LogP contribution in [0.5, 0.6) is 0 Å². The molecule has 4 nitrogen and oxygen atoms in total. The van der Waals surface area contributed by atoms with Gasteiger partial charge in [-0.05, 0) is 36.8 Å². The Morgan fingerprint density at radius 3 is 2.74 bits per heavy atom. The average Bonchev–Trinajstić information content (AvgIpc) is 2.45. The van der Waals surface area contributed by atoms with E-state index in [1.54, 1.807) is 18.2 Å². The summed E-state index contributed by atoms with van der Waals surface area (Å²) in [5.41, 5.74) is 1.36. The summed E-state index contributed by atoms with van der Waals surface area (Å²) in [5, 5.41) is 20.0. The van der Waals surface area contributed by atoms with Gasteiger partial charge in [-0.15, -0.1) is 10.2 Å². The molecule has 0 unspecified atom stereocenters. The highest BCUT2D eigenvalue weighted by Gasteiger charge is 2.05. The molecule has 0 aliphatic carbocycles. The Morgan fingerprint density at radius 2 is 2.11 bits per heavy atom. The lowest BCUT2D eigenvalue weighted by Gasteiger charge is -2.04. The summed E-state index contributed by atoms with van der Waals surface area (Å²) in [7, 11) is 0. The van der Waals surface area contributed by atoms with Gasteiger partial charge in [0.05, 0.1) is 17.3 Å². The first-order valence-corrected chi connectivity index (χ1v) is 6.01. The Morgan fingerprint density at radius 1 is 1.26 bits per heavy atom. The molecule has 0 radical (unpaired) electrons. The van der Waals surface area contributed by atoms with Crippen LogP contribution in [-0.4, -0.2) is 16.7 Å². The number of nitriles is 1. The molecule has 2 aromatic rings. The molecule has 1 N–H and O–H groups in total. The van der Waals surface area contributed by atoms with Crippen molar-refractivity contribution in [1.29, 1.82) is 5.26 Å². The lowest BCUT2D eigenvalue weighted by Crippen LogP contribution is -2.02. The van der Waals surface area contributed by atoms with E-state index in [1.807, 2.05) is 6.07 Å². The van der Waals surface area contributed by atoms with Gasteiger partial charge in [0.2, 0.25) is 0 Å². The van der Waals surface area contributed by atoms with E-state index in [0.717, 1.165) is 13.0 Å². The zero-order chi connectivity index (χ0) is 13.7. The van der Waals surface area contributed by atoms with Crippen LogP contribution >= 0.6 is 0 Å². The first-order chi connectivity index (χ1) is 9.22. The van der Waals surface area contributed by atoms with E-state index in [4.69, 9.17) is 5.26 Å². The van der Waals surface area contributed by atoms with Gasteiger partial charge in [-0.1, -0.05) is 6.92 Å². The van der Waals surface area contributed by atoms with Crippen molar-refractivity contribution in [2.75, 3.05) is 11.9 Å². The first-order valence-electron chi connectivity index (χ1n) is 6.01. The van der Waals surface area contributed by atoms with E-state index in [2.05, 4.69) is 22.4 Å². The number of hydrogen-bond acceptors (Lipinski definition) is 4. The van der Waals surface area contributed by atoms with Crippen LogP contribution in [0, 0.1) is 17.1 Å². The van der Waals surface area contributed by atoms with E-state index in [9.17, 15) is 4.39 Å². The molecule has 2 rings (SSSR count). The van der Waals surface area contributed by atoms with Crippen LogP contribution in [0.25, 0.3) is 11.3 Å². The number of aromatic nitrogens is 2. The molecule has 0 fully saturated rings. The minimum Gasteiger partial charge on any atom is -0.369 e. The normalized spacial score (nSPS) is 9.95. The molecule has 0 saturated heterocycles. The Balaban J connectivity index is 2.27. The quantitative estimate of drug-likeness (QED) is 0.913. The number of hydrogen-bond donors (Lipinski definition) is 1. The van der Waals surface area contributed by atoms with Crippen molar-refractivity contribution in [2.45, 2.75) is 13.3 Å². The maximum absolute atomic E-state index is 13.3. The Labute approximate surface area is 110 Å². The van der Waals surface area contributed by atoms with Crippen molar-refractivity contribution in [2.24, 2.45) is 0 Å². The molecule has 96 valence electrons. The molecular formula is C14H13FN4. The second-order valence-corrected chi connectivity index (χ2v) is 4.07. The maximum Gasteiger partial charge on any atom is 0.148 e. The smallest absolute Gasteiger partial charge is 0.148 e. The fourth-order valence-corrected chi connectivity index (χ4v) is 1.64. The fourth-order valence-electron chi connectivity index (χ4n) is 1.64. The van der Waals surface area contributed by atoms with E-state index in [-0.39, 0.29) is 5.56 Å². The minimum absolute atomic E-state index is 0.269. The topological polar surface area (TPSA) is 61.6 Å². The molecule has 0 saturated carbocycles. The second kappa shape index (κ2) is 5.91. The lowest BCUT2D eigenvalue weighted by atomic mass is 10.1. The molecule has 19 heavy (non-hydrogen) atoms. The van der Waals surface area contributed by atoms with Gasteiger partial charge in [-0.3, -0.25) is 0 Å². The van der Waals surface area contributed by atoms with Crippen LogP contribution in [0.4, 0.5) is 10.2 Å². The van der Waals surface area contributed by atoms with Gasteiger partial charge >= 0.3 is 0 Å². The van der Waals surface area contributed by atoms with Crippen LogP contribution in [0.3, 0.4) is 0 Å². The molecule has 0 atom stereocenters. The van der Waals surface area contributed by atoms with Crippen LogP contribution < -0.4 is 5.32 Å². The molecule has 1 aromatic carbocycles. The van der Waals surface area contributed by atoms with Crippen molar-refractivity contribution in [1.82, 2.24) is 10.2 Å². The van der Waals surface area contributed by atoms with Crippen molar-refractivity contribution < 1.29 is 4.39 Å². The van der Waals surface area contributed by atoms with Gasteiger partial charge in [0.25, 0.3) is 0 Å². The zero-order valence-corrected chi connectivity index (χ0v) is 10.5. The largest absolute Gasteiger partial charge is 0.369 e.